The number of rotatable bonds is 5. The van der Waals surface area contributed by atoms with E-state index in [9.17, 15) is 14.4 Å². The lowest BCUT2D eigenvalue weighted by atomic mass is 10.1. The molecule has 1 unspecified atom stereocenters. The quantitative estimate of drug-likeness (QED) is 0.656. The van der Waals surface area contributed by atoms with Crippen LogP contribution in [0.3, 0.4) is 0 Å². The van der Waals surface area contributed by atoms with E-state index in [1.165, 1.54) is 18.4 Å². The van der Waals surface area contributed by atoms with Gasteiger partial charge in [-0.15, -0.1) is 0 Å². The van der Waals surface area contributed by atoms with Crippen molar-refractivity contribution < 1.29 is 23.5 Å². The van der Waals surface area contributed by atoms with Gasteiger partial charge in [-0.3, -0.25) is 9.59 Å². The molecule has 0 bridgehead atoms. The molecule has 2 heterocycles. The van der Waals surface area contributed by atoms with Gasteiger partial charge in [0.05, 0.1) is 17.5 Å². The molecule has 2 amide bonds. The number of carbonyl (C=O) groups excluding carboxylic acids is 3. The molecule has 1 aliphatic heterocycles. The molecule has 3 aromatic rings. The second kappa shape index (κ2) is 8.24. The lowest BCUT2D eigenvalue weighted by Gasteiger charge is -2.22. The fourth-order valence-electron chi connectivity index (χ4n) is 3.58. The highest BCUT2D eigenvalue weighted by Crippen LogP contribution is 2.31. The lowest BCUT2D eigenvalue weighted by Crippen LogP contribution is -2.38. The van der Waals surface area contributed by atoms with Gasteiger partial charge in [-0.05, 0) is 49.2 Å². The first kappa shape index (κ1) is 19.4. The van der Waals surface area contributed by atoms with Gasteiger partial charge in [0.25, 0.3) is 11.8 Å². The molecular weight excluding hydrogens is 384 g/mol. The van der Waals surface area contributed by atoms with E-state index in [2.05, 4.69) is 5.32 Å². The number of anilines is 2. The van der Waals surface area contributed by atoms with Crippen molar-refractivity contribution in [2.75, 3.05) is 16.8 Å². The zero-order valence-electron chi connectivity index (χ0n) is 16.3. The molecule has 1 atom stereocenters. The summed E-state index contributed by atoms with van der Waals surface area (Å²) in [6.07, 6.45) is 2.15. The van der Waals surface area contributed by atoms with E-state index >= 15 is 0 Å². The van der Waals surface area contributed by atoms with Crippen LogP contribution in [0.5, 0.6) is 0 Å². The summed E-state index contributed by atoms with van der Waals surface area (Å²) >= 11 is 0. The Morgan fingerprint density at radius 2 is 1.83 bits per heavy atom. The number of esters is 1. The molecule has 152 valence electrons. The number of fused-ring (bicyclic) bond motifs is 1. The largest absolute Gasteiger partial charge is 0.459 e. The van der Waals surface area contributed by atoms with Crippen LogP contribution in [0.15, 0.2) is 71.3 Å². The zero-order chi connectivity index (χ0) is 21.1. The number of nitrogens with zero attached hydrogens (tertiary/aromatic N) is 1. The van der Waals surface area contributed by atoms with Crippen LogP contribution in [0, 0.1) is 0 Å². The van der Waals surface area contributed by atoms with E-state index in [1.54, 1.807) is 29.2 Å². The summed E-state index contributed by atoms with van der Waals surface area (Å²) in [6, 6.07) is 17.2. The highest BCUT2D eigenvalue weighted by molar-refractivity contribution is 6.07. The normalized spacial score (nSPS) is 14.8. The fraction of sp³-hybridized carbons (Fsp3) is 0.174. The van der Waals surface area contributed by atoms with Gasteiger partial charge in [-0.25, -0.2) is 4.79 Å². The van der Waals surface area contributed by atoms with Gasteiger partial charge < -0.3 is 19.4 Å². The highest BCUT2D eigenvalue weighted by Gasteiger charge is 2.31. The summed E-state index contributed by atoms with van der Waals surface area (Å²) < 4.78 is 10.3. The first-order valence-electron chi connectivity index (χ1n) is 9.55. The van der Waals surface area contributed by atoms with Gasteiger partial charge in [-0.2, -0.15) is 0 Å². The number of benzene rings is 2. The summed E-state index contributed by atoms with van der Waals surface area (Å²) in [4.78, 5) is 39.2. The Labute approximate surface area is 173 Å². The number of nitrogens with one attached hydrogen (secondary N) is 1. The SMILES string of the molecule is CC1Cc2ccccc2N1C(=O)COC(=O)c1ccccc1NC(=O)c1ccco1. The topological polar surface area (TPSA) is 88.9 Å². The molecule has 0 radical (unpaired) electrons. The van der Waals surface area contributed by atoms with E-state index < -0.39 is 18.5 Å². The molecule has 7 nitrogen and oxygen atoms in total. The van der Waals surface area contributed by atoms with Crippen LogP contribution in [0.2, 0.25) is 0 Å². The van der Waals surface area contributed by atoms with Crippen molar-refractivity contribution in [2.24, 2.45) is 0 Å². The van der Waals surface area contributed by atoms with E-state index in [0.717, 1.165) is 17.7 Å². The first-order chi connectivity index (χ1) is 14.5. The van der Waals surface area contributed by atoms with Crippen LogP contribution in [-0.2, 0) is 16.0 Å². The first-order valence-corrected chi connectivity index (χ1v) is 9.55. The second-order valence-corrected chi connectivity index (χ2v) is 7.00. The number of ether oxygens (including phenoxy) is 1. The van der Waals surface area contributed by atoms with Crippen LogP contribution in [0.25, 0.3) is 0 Å². The van der Waals surface area contributed by atoms with Crippen LogP contribution in [0.1, 0.15) is 33.4 Å². The van der Waals surface area contributed by atoms with E-state index in [4.69, 9.17) is 9.15 Å². The van der Waals surface area contributed by atoms with Gasteiger partial charge in [0, 0.05) is 11.7 Å². The standard InChI is InChI=1S/C23H20N2O5/c1-15-13-16-7-2-5-10-19(16)25(15)21(26)14-30-23(28)17-8-3-4-9-18(17)24-22(27)20-11-6-12-29-20/h2-12,15H,13-14H2,1H3,(H,24,27). The summed E-state index contributed by atoms with van der Waals surface area (Å²) in [5.41, 5.74) is 2.36. The molecule has 0 fully saturated rings. The molecule has 1 aliphatic rings. The van der Waals surface area contributed by atoms with Gasteiger partial charge in [0.1, 0.15) is 0 Å². The number of hydrogen-bond acceptors (Lipinski definition) is 5. The van der Waals surface area contributed by atoms with Gasteiger partial charge >= 0.3 is 5.97 Å². The molecule has 0 spiro atoms. The molecule has 0 aliphatic carbocycles. The van der Waals surface area contributed by atoms with Crippen molar-refractivity contribution in [3.63, 3.8) is 0 Å². The Hall–Kier alpha value is -3.87. The van der Waals surface area contributed by atoms with E-state index in [-0.39, 0.29) is 29.0 Å². The minimum absolute atomic E-state index is 0.00604. The molecule has 1 aromatic heterocycles. The fourth-order valence-corrected chi connectivity index (χ4v) is 3.58. The molecule has 30 heavy (non-hydrogen) atoms. The second-order valence-electron chi connectivity index (χ2n) is 7.00. The number of para-hydroxylation sites is 2. The van der Waals surface area contributed by atoms with Crippen molar-refractivity contribution >= 4 is 29.2 Å². The average Bonchev–Trinajstić information content (AvgIpc) is 3.39. The summed E-state index contributed by atoms with van der Waals surface area (Å²) in [7, 11) is 0. The maximum atomic E-state index is 12.7. The van der Waals surface area contributed by atoms with Crippen LogP contribution in [0.4, 0.5) is 11.4 Å². The molecule has 0 saturated carbocycles. The van der Waals surface area contributed by atoms with Crippen molar-refractivity contribution in [1.82, 2.24) is 0 Å². The third-order valence-electron chi connectivity index (χ3n) is 4.94. The number of amides is 2. The third kappa shape index (κ3) is 3.82. The van der Waals surface area contributed by atoms with E-state index in [1.807, 2.05) is 31.2 Å². The highest BCUT2D eigenvalue weighted by atomic mass is 16.5. The Morgan fingerprint density at radius 1 is 1.07 bits per heavy atom. The molecular formula is C23H20N2O5. The van der Waals surface area contributed by atoms with Gasteiger partial charge in [0.15, 0.2) is 12.4 Å². The molecule has 7 heteroatoms. The average molecular weight is 404 g/mol. The molecule has 4 rings (SSSR count). The van der Waals surface area contributed by atoms with Crippen LogP contribution >= 0.6 is 0 Å². The molecule has 1 N–H and O–H groups in total. The number of carbonyl (C=O) groups is 3. The van der Waals surface area contributed by atoms with Gasteiger partial charge in [0.2, 0.25) is 0 Å². The smallest absolute Gasteiger partial charge is 0.340 e. The molecule has 2 aromatic carbocycles. The Kier molecular flexibility index (Phi) is 5.34. The Bertz CT molecular complexity index is 1090. The molecule has 0 saturated heterocycles. The number of furan rings is 1. The maximum absolute atomic E-state index is 12.7. The summed E-state index contributed by atoms with van der Waals surface area (Å²) in [6.45, 7) is 1.57. The Balaban J connectivity index is 1.44. The minimum atomic E-state index is -0.696. The van der Waals surface area contributed by atoms with E-state index in [0.29, 0.717) is 0 Å². The minimum Gasteiger partial charge on any atom is -0.459 e. The summed E-state index contributed by atoms with van der Waals surface area (Å²) in [5.74, 6) is -1.36. The zero-order valence-corrected chi connectivity index (χ0v) is 16.3. The van der Waals surface area contributed by atoms with Crippen molar-refractivity contribution in [3.05, 3.63) is 83.8 Å². The Morgan fingerprint density at radius 3 is 2.63 bits per heavy atom. The van der Waals surface area contributed by atoms with Crippen LogP contribution in [-0.4, -0.2) is 30.4 Å². The van der Waals surface area contributed by atoms with Crippen LogP contribution < -0.4 is 10.2 Å². The van der Waals surface area contributed by atoms with Crippen molar-refractivity contribution in [1.29, 1.82) is 0 Å². The predicted molar refractivity (Wildman–Crippen MR) is 110 cm³/mol. The number of hydrogen-bond donors (Lipinski definition) is 1. The monoisotopic (exact) mass is 404 g/mol. The van der Waals surface area contributed by atoms with Crippen molar-refractivity contribution in [2.45, 2.75) is 19.4 Å². The summed E-state index contributed by atoms with van der Waals surface area (Å²) in [5, 5.41) is 2.63. The van der Waals surface area contributed by atoms with Crippen molar-refractivity contribution in [3.8, 4) is 0 Å². The third-order valence-corrected chi connectivity index (χ3v) is 4.94. The predicted octanol–water partition coefficient (Wildman–Crippen LogP) is 3.67. The van der Waals surface area contributed by atoms with Gasteiger partial charge in [-0.1, -0.05) is 30.3 Å². The maximum Gasteiger partial charge on any atom is 0.340 e. The lowest BCUT2D eigenvalue weighted by molar-refractivity contribution is -0.122.